The van der Waals surface area contributed by atoms with Crippen molar-refractivity contribution in [1.29, 1.82) is 0 Å². The molecule has 0 saturated heterocycles. The first-order valence-electron chi connectivity index (χ1n) is 8.53. The number of aryl methyl sites for hydroxylation is 4. The lowest BCUT2D eigenvalue weighted by Gasteiger charge is -2.09. The topological polar surface area (TPSA) is 97.9 Å². The molecule has 8 nitrogen and oxygen atoms in total. The number of hydrogen-bond acceptors (Lipinski definition) is 4. The van der Waals surface area contributed by atoms with Crippen LogP contribution in [-0.4, -0.2) is 21.1 Å². The lowest BCUT2D eigenvalue weighted by Crippen LogP contribution is -2.29. The standard InChI is InChI=1S/C8H6O4.2C6H11N2/c9-7(10)5-3-1-2-4-6(5)8(11)12;2*1-6-7(2)4-5-8(6)3/h1-4H,(H,9,10)(H,11,12);2*4-5H,1-3H3/q;2*+1/p-2. The number of carbonyl (C=O) groups excluding carboxylic acids is 2. The van der Waals surface area contributed by atoms with Crippen molar-refractivity contribution in [2.45, 2.75) is 13.8 Å². The molecule has 0 aliphatic rings. The summed E-state index contributed by atoms with van der Waals surface area (Å²) in [6, 6.07) is 5.14. The maximum absolute atomic E-state index is 10.3. The predicted molar refractivity (Wildman–Crippen MR) is 97.8 cm³/mol. The van der Waals surface area contributed by atoms with Gasteiger partial charge in [0.2, 0.25) is 0 Å². The molecule has 0 radical (unpaired) electrons. The minimum absolute atomic E-state index is 0.363. The van der Waals surface area contributed by atoms with E-state index < -0.39 is 11.9 Å². The minimum Gasteiger partial charge on any atom is -0.545 e. The Morgan fingerprint density at radius 3 is 1.25 bits per heavy atom. The van der Waals surface area contributed by atoms with Gasteiger partial charge in [-0.3, -0.25) is 0 Å². The highest BCUT2D eigenvalue weighted by molar-refractivity contribution is 5.99. The summed E-state index contributed by atoms with van der Waals surface area (Å²) in [6.45, 7) is 4.17. The van der Waals surface area contributed by atoms with E-state index in [2.05, 4.69) is 32.1 Å². The first kappa shape index (κ1) is 22.6. The molecule has 0 bridgehead atoms. The summed E-state index contributed by atoms with van der Waals surface area (Å²) in [5, 5.41) is 20.6. The van der Waals surface area contributed by atoms with Crippen LogP contribution in [-0.2, 0) is 28.2 Å². The van der Waals surface area contributed by atoms with Crippen LogP contribution >= 0.6 is 0 Å². The van der Waals surface area contributed by atoms with Gasteiger partial charge in [-0.25, -0.2) is 18.3 Å². The monoisotopic (exact) mass is 386 g/mol. The van der Waals surface area contributed by atoms with Crippen LogP contribution in [0.4, 0.5) is 0 Å². The molecule has 150 valence electrons. The average Bonchev–Trinajstić information content (AvgIpc) is 3.12. The van der Waals surface area contributed by atoms with Crippen LogP contribution in [0.25, 0.3) is 0 Å². The molecule has 0 N–H and O–H groups in total. The molecule has 0 unspecified atom stereocenters. The largest absolute Gasteiger partial charge is 0.545 e. The molecule has 3 rings (SSSR count). The lowest BCUT2D eigenvalue weighted by molar-refractivity contribution is -0.677. The van der Waals surface area contributed by atoms with E-state index in [-0.39, 0.29) is 11.1 Å². The van der Waals surface area contributed by atoms with Gasteiger partial charge in [-0.15, -0.1) is 0 Å². The SMILES string of the molecule is Cc1n(C)cc[n+]1C.Cc1n(C)cc[n+]1C.O=C([O-])c1ccccc1C(=O)[O-]. The number of aromatic nitrogens is 4. The highest BCUT2D eigenvalue weighted by atomic mass is 16.4. The number of carboxylic acid groups (broad SMARTS) is 2. The molecule has 0 saturated carbocycles. The Balaban J connectivity index is 0.000000217. The van der Waals surface area contributed by atoms with Crippen molar-refractivity contribution >= 4 is 11.9 Å². The summed E-state index contributed by atoms with van der Waals surface area (Å²) in [7, 11) is 8.15. The molecular weight excluding hydrogens is 360 g/mol. The summed E-state index contributed by atoms with van der Waals surface area (Å²) >= 11 is 0. The first-order chi connectivity index (χ1) is 13.1. The van der Waals surface area contributed by atoms with E-state index in [0.29, 0.717) is 0 Å². The number of benzene rings is 1. The zero-order chi connectivity index (χ0) is 21.4. The van der Waals surface area contributed by atoms with Crippen molar-refractivity contribution in [1.82, 2.24) is 9.13 Å². The van der Waals surface area contributed by atoms with Crippen molar-refractivity contribution in [2.75, 3.05) is 0 Å². The summed E-state index contributed by atoms with van der Waals surface area (Å²) in [5.74, 6) is -0.500. The van der Waals surface area contributed by atoms with Gasteiger partial charge in [-0.05, 0) is 0 Å². The van der Waals surface area contributed by atoms with E-state index in [4.69, 9.17) is 0 Å². The Morgan fingerprint density at radius 2 is 1.11 bits per heavy atom. The van der Waals surface area contributed by atoms with Crippen molar-refractivity contribution in [3.8, 4) is 0 Å². The highest BCUT2D eigenvalue weighted by Gasteiger charge is 2.02. The third-order valence-electron chi connectivity index (χ3n) is 4.44. The lowest BCUT2D eigenvalue weighted by atomic mass is 10.1. The van der Waals surface area contributed by atoms with Crippen molar-refractivity contribution < 1.29 is 28.9 Å². The van der Waals surface area contributed by atoms with Crippen LogP contribution in [0.5, 0.6) is 0 Å². The van der Waals surface area contributed by atoms with Crippen molar-refractivity contribution in [3.05, 3.63) is 71.8 Å². The molecule has 2 heterocycles. The summed E-state index contributed by atoms with van der Waals surface area (Å²) in [6.07, 6.45) is 8.15. The van der Waals surface area contributed by atoms with E-state index in [1.54, 1.807) is 0 Å². The number of carbonyl (C=O) groups is 2. The molecule has 8 heteroatoms. The first-order valence-corrected chi connectivity index (χ1v) is 8.53. The summed E-state index contributed by atoms with van der Waals surface area (Å²) < 4.78 is 8.33. The second-order valence-corrected chi connectivity index (χ2v) is 6.25. The van der Waals surface area contributed by atoms with Gasteiger partial charge < -0.3 is 19.8 Å². The van der Waals surface area contributed by atoms with Gasteiger partial charge >= 0.3 is 0 Å². The molecule has 0 atom stereocenters. The zero-order valence-corrected chi connectivity index (χ0v) is 17.0. The number of aromatic carboxylic acids is 2. The molecule has 0 amide bonds. The fraction of sp³-hybridized carbons (Fsp3) is 0.300. The van der Waals surface area contributed by atoms with E-state index >= 15 is 0 Å². The van der Waals surface area contributed by atoms with E-state index in [9.17, 15) is 19.8 Å². The van der Waals surface area contributed by atoms with Crippen molar-refractivity contribution in [3.63, 3.8) is 0 Å². The average molecular weight is 386 g/mol. The number of imidazole rings is 2. The van der Waals surface area contributed by atoms with Gasteiger partial charge in [0, 0.05) is 25.0 Å². The molecule has 28 heavy (non-hydrogen) atoms. The molecule has 3 aromatic rings. The molecule has 0 aliphatic heterocycles. The fourth-order valence-corrected chi connectivity index (χ4v) is 2.17. The highest BCUT2D eigenvalue weighted by Crippen LogP contribution is 2.05. The molecule has 2 aromatic heterocycles. The van der Waals surface area contributed by atoms with Crippen LogP contribution in [0.2, 0.25) is 0 Å². The second kappa shape index (κ2) is 10.1. The van der Waals surface area contributed by atoms with Crippen LogP contribution < -0.4 is 19.3 Å². The quantitative estimate of drug-likeness (QED) is 0.513. The number of carboxylic acids is 2. The number of hydrogen-bond donors (Lipinski definition) is 0. The van der Waals surface area contributed by atoms with Crippen LogP contribution in [0.15, 0.2) is 49.1 Å². The predicted octanol–water partition coefficient (Wildman–Crippen LogP) is -1.27. The Morgan fingerprint density at radius 1 is 0.786 bits per heavy atom. The summed E-state index contributed by atoms with van der Waals surface area (Å²) in [4.78, 5) is 20.6. The third-order valence-corrected chi connectivity index (χ3v) is 4.44. The van der Waals surface area contributed by atoms with Crippen molar-refractivity contribution in [2.24, 2.45) is 28.2 Å². The van der Waals surface area contributed by atoms with E-state index in [1.807, 2.05) is 53.0 Å². The van der Waals surface area contributed by atoms with Gasteiger partial charge in [0.05, 0.1) is 40.1 Å². The Hall–Kier alpha value is -3.42. The number of nitrogens with zero attached hydrogens (tertiary/aromatic N) is 4. The summed E-state index contributed by atoms with van der Waals surface area (Å²) in [5.41, 5.74) is -0.727. The molecule has 1 aromatic carbocycles. The smallest absolute Gasteiger partial charge is 0.252 e. The number of rotatable bonds is 2. The minimum atomic E-state index is -1.52. The van der Waals surface area contributed by atoms with Gasteiger partial charge in [-0.2, -0.15) is 0 Å². The molecule has 0 fully saturated rings. The Kier molecular flexibility index (Phi) is 8.12. The molecule has 0 aliphatic carbocycles. The van der Waals surface area contributed by atoms with E-state index in [1.165, 1.54) is 23.8 Å². The maximum atomic E-state index is 10.3. The van der Waals surface area contributed by atoms with Crippen LogP contribution in [0, 0.1) is 13.8 Å². The Bertz CT molecular complexity index is 841. The van der Waals surface area contributed by atoms with Gasteiger partial charge in [0.1, 0.15) is 24.8 Å². The second-order valence-electron chi connectivity index (χ2n) is 6.25. The van der Waals surface area contributed by atoms with Gasteiger partial charge in [0.25, 0.3) is 11.6 Å². The Labute approximate surface area is 164 Å². The normalized spacial score (nSPS) is 9.64. The maximum Gasteiger partial charge on any atom is 0.252 e. The van der Waals surface area contributed by atoms with E-state index in [0.717, 1.165) is 12.1 Å². The fourth-order valence-electron chi connectivity index (χ4n) is 2.17. The van der Waals surface area contributed by atoms with Crippen LogP contribution in [0.3, 0.4) is 0 Å². The molecular formula is C20H26N4O4. The zero-order valence-electron chi connectivity index (χ0n) is 17.0. The van der Waals surface area contributed by atoms with Gasteiger partial charge in [0.15, 0.2) is 0 Å². The third kappa shape index (κ3) is 6.08. The van der Waals surface area contributed by atoms with Gasteiger partial charge in [-0.1, -0.05) is 24.3 Å². The molecule has 0 spiro atoms. The van der Waals surface area contributed by atoms with Crippen LogP contribution in [0.1, 0.15) is 32.4 Å².